The molecule has 0 aromatic heterocycles. The monoisotopic (exact) mass is 424 g/mol. The molecule has 0 amide bonds. The Morgan fingerprint density at radius 2 is 1.58 bits per heavy atom. The van der Waals surface area contributed by atoms with Gasteiger partial charge in [-0.05, 0) is 48.7 Å². The lowest BCUT2D eigenvalue weighted by Crippen LogP contribution is -2.22. The van der Waals surface area contributed by atoms with Crippen LogP contribution in [-0.2, 0) is 4.79 Å². The zero-order valence-corrected chi connectivity index (χ0v) is 18.2. The summed E-state index contributed by atoms with van der Waals surface area (Å²) in [7, 11) is 4.58. The molecule has 1 fully saturated rings. The molecule has 0 atom stereocenters. The molecule has 31 heavy (non-hydrogen) atoms. The van der Waals surface area contributed by atoms with Crippen molar-refractivity contribution in [2.75, 3.05) is 21.3 Å². The van der Waals surface area contributed by atoms with Crippen LogP contribution in [0.5, 0.6) is 23.0 Å². The number of hydrogen-bond donors (Lipinski definition) is 0. The van der Waals surface area contributed by atoms with Crippen LogP contribution in [0.4, 0.5) is 0 Å². The van der Waals surface area contributed by atoms with Crippen LogP contribution in [0.2, 0.25) is 0 Å². The minimum absolute atomic E-state index is 0.0462. The highest BCUT2D eigenvalue weighted by molar-refractivity contribution is 6.08. The quantitative estimate of drug-likeness (QED) is 0.254. The van der Waals surface area contributed by atoms with Crippen LogP contribution in [0.15, 0.2) is 42.5 Å². The van der Waals surface area contributed by atoms with Crippen molar-refractivity contribution in [3.05, 3.63) is 53.6 Å². The van der Waals surface area contributed by atoms with Gasteiger partial charge in [-0.15, -0.1) is 0 Å². The average molecular weight is 424 g/mol. The smallest absolute Gasteiger partial charge is 0.314 e. The first-order valence-corrected chi connectivity index (χ1v) is 10.4. The highest BCUT2D eigenvalue weighted by Gasteiger charge is 2.24. The van der Waals surface area contributed by atoms with Gasteiger partial charge >= 0.3 is 5.97 Å². The average Bonchev–Trinajstić information content (AvgIpc) is 2.83. The number of hydrogen-bond acceptors (Lipinski definition) is 6. The molecule has 3 rings (SSSR count). The van der Waals surface area contributed by atoms with E-state index in [1.54, 1.807) is 49.6 Å². The minimum Gasteiger partial charge on any atom is -0.497 e. The van der Waals surface area contributed by atoms with Gasteiger partial charge in [0.1, 0.15) is 11.5 Å². The molecule has 1 aliphatic rings. The molecule has 0 bridgehead atoms. The zero-order valence-electron chi connectivity index (χ0n) is 18.2. The summed E-state index contributed by atoms with van der Waals surface area (Å²) >= 11 is 0. The summed E-state index contributed by atoms with van der Waals surface area (Å²) in [5, 5.41) is 0. The maximum Gasteiger partial charge on any atom is 0.314 e. The minimum atomic E-state index is -0.205. The summed E-state index contributed by atoms with van der Waals surface area (Å²) in [6.45, 7) is 0. The normalized spacial score (nSPS) is 14.3. The van der Waals surface area contributed by atoms with Crippen LogP contribution < -0.4 is 18.9 Å². The van der Waals surface area contributed by atoms with Gasteiger partial charge in [-0.3, -0.25) is 9.59 Å². The van der Waals surface area contributed by atoms with E-state index in [1.807, 2.05) is 0 Å². The third kappa shape index (κ3) is 5.66. The Bertz CT molecular complexity index is 956. The standard InChI is InChI=1S/C25H28O6/c1-28-19-11-12-20(23(16-19)29-2)21(26)13-9-17-10-14-22(24(15-17)30-3)31-25(27)18-7-5-4-6-8-18/h9-16,18H,4-8H2,1-3H3. The summed E-state index contributed by atoms with van der Waals surface area (Å²) in [6, 6.07) is 10.2. The Kier molecular flexibility index (Phi) is 7.70. The van der Waals surface area contributed by atoms with Gasteiger partial charge in [0, 0.05) is 6.07 Å². The third-order valence-electron chi connectivity index (χ3n) is 5.44. The Hall–Kier alpha value is -3.28. The molecule has 0 spiro atoms. The second kappa shape index (κ2) is 10.7. The van der Waals surface area contributed by atoms with Crippen LogP contribution in [0.25, 0.3) is 6.08 Å². The van der Waals surface area contributed by atoms with Crippen LogP contribution in [-0.4, -0.2) is 33.1 Å². The van der Waals surface area contributed by atoms with Gasteiger partial charge in [-0.2, -0.15) is 0 Å². The maximum atomic E-state index is 12.6. The van der Waals surface area contributed by atoms with E-state index < -0.39 is 0 Å². The summed E-state index contributed by atoms with van der Waals surface area (Å²) in [5.74, 6) is 1.43. The molecular weight excluding hydrogens is 396 g/mol. The Morgan fingerprint density at radius 1 is 0.839 bits per heavy atom. The van der Waals surface area contributed by atoms with Gasteiger partial charge in [0.25, 0.3) is 0 Å². The van der Waals surface area contributed by atoms with Crippen molar-refractivity contribution < 1.29 is 28.5 Å². The van der Waals surface area contributed by atoms with Gasteiger partial charge in [0.05, 0.1) is 32.8 Å². The molecule has 164 valence electrons. The molecular formula is C25H28O6. The summed E-state index contributed by atoms with van der Waals surface area (Å²) < 4.78 is 21.5. The summed E-state index contributed by atoms with van der Waals surface area (Å²) in [4.78, 5) is 25.1. The molecule has 1 saturated carbocycles. The van der Waals surface area contributed by atoms with Gasteiger partial charge < -0.3 is 18.9 Å². The molecule has 0 heterocycles. The largest absolute Gasteiger partial charge is 0.497 e. The Morgan fingerprint density at radius 3 is 2.26 bits per heavy atom. The molecule has 0 saturated heterocycles. The van der Waals surface area contributed by atoms with E-state index in [9.17, 15) is 9.59 Å². The third-order valence-corrected chi connectivity index (χ3v) is 5.44. The fourth-order valence-corrected chi connectivity index (χ4v) is 3.67. The van der Waals surface area contributed by atoms with Crippen molar-refractivity contribution in [3.63, 3.8) is 0 Å². The number of ketones is 1. The van der Waals surface area contributed by atoms with E-state index in [2.05, 4.69) is 0 Å². The first-order valence-electron chi connectivity index (χ1n) is 10.4. The van der Waals surface area contributed by atoms with E-state index in [4.69, 9.17) is 18.9 Å². The van der Waals surface area contributed by atoms with Crippen LogP contribution in [0.3, 0.4) is 0 Å². The lowest BCUT2D eigenvalue weighted by Gasteiger charge is -2.20. The molecule has 2 aromatic carbocycles. The van der Waals surface area contributed by atoms with Crippen molar-refractivity contribution in [2.24, 2.45) is 5.92 Å². The first-order chi connectivity index (χ1) is 15.0. The van der Waals surface area contributed by atoms with Crippen LogP contribution >= 0.6 is 0 Å². The number of esters is 1. The summed E-state index contributed by atoms with van der Waals surface area (Å²) in [6.07, 6.45) is 8.20. The SMILES string of the molecule is COc1ccc(C(=O)C=Cc2ccc(OC(=O)C3CCCCC3)c(OC)c2)c(OC)c1. The molecule has 6 nitrogen and oxygen atoms in total. The maximum absolute atomic E-state index is 12.6. The first kappa shape index (κ1) is 22.4. The second-order valence-electron chi connectivity index (χ2n) is 7.43. The topological polar surface area (TPSA) is 71.1 Å². The van der Waals surface area contributed by atoms with E-state index in [0.29, 0.717) is 28.6 Å². The van der Waals surface area contributed by atoms with Gasteiger partial charge in [-0.1, -0.05) is 31.4 Å². The van der Waals surface area contributed by atoms with Crippen molar-refractivity contribution in [1.29, 1.82) is 0 Å². The Labute approximate surface area is 182 Å². The zero-order chi connectivity index (χ0) is 22.2. The summed E-state index contributed by atoms with van der Waals surface area (Å²) in [5.41, 5.74) is 1.18. The molecule has 1 aliphatic carbocycles. The fraction of sp³-hybridized carbons (Fsp3) is 0.360. The number of methoxy groups -OCH3 is 3. The number of benzene rings is 2. The van der Waals surface area contributed by atoms with Crippen molar-refractivity contribution in [3.8, 4) is 23.0 Å². The van der Waals surface area contributed by atoms with Crippen molar-refractivity contribution in [2.45, 2.75) is 32.1 Å². The number of rotatable bonds is 8. The fourth-order valence-electron chi connectivity index (χ4n) is 3.67. The van der Waals surface area contributed by atoms with Crippen LogP contribution in [0.1, 0.15) is 48.0 Å². The van der Waals surface area contributed by atoms with Gasteiger partial charge in [0.2, 0.25) is 0 Å². The molecule has 2 aromatic rings. The molecule has 0 unspecified atom stereocenters. The molecule has 0 N–H and O–H groups in total. The predicted molar refractivity (Wildman–Crippen MR) is 118 cm³/mol. The van der Waals surface area contributed by atoms with Crippen molar-refractivity contribution >= 4 is 17.8 Å². The van der Waals surface area contributed by atoms with E-state index in [-0.39, 0.29) is 17.7 Å². The van der Waals surface area contributed by atoms with Crippen LogP contribution in [0, 0.1) is 5.92 Å². The lowest BCUT2D eigenvalue weighted by atomic mass is 9.89. The lowest BCUT2D eigenvalue weighted by molar-refractivity contribution is -0.140. The number of carbonyl (C=O) groups is 2. The van der Waals surface area contributed by atoms with E-state index in [1.165, 1.54) is 26.7 Å². The van der Waals surface area contributed by atoms with E-state index >= 15 is 0 Å². The Balaban J connectivity index is 1.72. The van der Waals surface area contributed by atoms with Gasteiger partial charge in [0.15, 0.2) is 17.3 Å². The van der Waals surface area contributed by atoms with Crippen molar-refractivity contribution in [1.82, 2.24) is 0 Å². The number of ether oxygens (including phenoxy) is 4. The molecule has 6 heteroatoms. The number of carbonyl (C=O) groups excluding carboxylic acids is 2. The highest BCUT2D eigenvalue weighted by atomic mass is 16.6. The number of allylic oxidation sites excluding steroid dienone is 1. The molecule has 0 radical (unpaired) electrons. The molecule has 0 aliphatic heterocycles. The predicted octanol–water partition coefficient (Wildman–Crippen LogP) is 5.09. The van der Waals surface area contributed by atoms with Gasteiger partial charge in [-0.25, -0.2) is 0 Å². The highest BCUT2D eigenvalue weighted by Crippen LogP contribution is 2.32. The van der Waals surface area contributed by atoms with E-state index in [0.717, 1.165) is 31.2 Å². The second-order valence-corrected chi connectivity index (χ2v) is 7.43.